The molecule has 0 saturated heterocycles. The van der Waals surface area contributed by atoms with E-state index in [0.717, 1.165) is 18.4 Å². The summed E-state index contributed by atoms with van der Waals surface area (Å²) in [5.74, 6) is -3.18. The Bertz CT molecular complexity index is 557. The van der Waals surface area contributed by atoms with Gasteiger partial charge in [0, 0.05) is 0 Å². The van der Waals surface area contributed by atoms with E-state index in [1.165, 1.54) is 12.1 Å². The van der Waals surface area contributed by atoms with Crippen LogP contribution in [0.3, 0.4) is 0 Å². The van der Waals surface area contributed by atoms with Crippen LogP contribution >= 0.6 is 0 Å². The lowest BCUT2D eigenvalue weighted by Crippen LogP contribution is -1.99. The van der Waals surface area contributed by atoms with Crippen LogP contribution in [0.1, 0.15) is 16.1 Å². The van der Waals surface area contributed by atoms with Gasteiger partial charge in [-0.2, -0.15) is 0 Å². The zero-order chi connectivity index (χ0) is 13.1. The number of benzene rings is 1. The first-order valence-electron chi connectivity index (χ1n) is 4.95. The largest absolute Gasteiger partial charge is 0.480 e. The molecule has 0 aliphatic carbocycles. The molecule has 1 N–H and O–H groups in total. The van der Waals surface area contributed by atoms with E-state index >= 15 is 0 Å². The topological polar surface area (TPSA) is 59.7 Å². The van der Waals surface area contributed by atoms with Crippen LogP contribution in [-0.2, 0) is 6.61 Å². The van der Waals surface area contributed by atoms with Crippen molar-refractivity contribution < 1.29 is 27.8 Å². The van der Waals surface area contributed by atoms with Crippen LogP contribution in [0.25, 0.3) is 0 Å². The second kappa shape index (κ2) is 4.87. The highest BCUT2D eigenvalue weighted by Crippen LogP contribution is 2.22. The minimum absolute atomic E-state index is 0.0531. The molecule has 0 aliphatic heterocycles. The molecule has 0 unspecified atom stereocenters. The van der Waals surface area contributed by atoms with Crippen LogP contribution in [0, 0.1) is 11.6 Å². The molecule has 0 aliphatic rings. The second-order valence-electron chi connectivity index (χ2n) is 3.45. The van der Waals surface area contributed by atoms with E-state index in [4.69, 9.17) is 14.3 Å². The molecular formula is C12H8F2O4. The molecule has 0 amide bonds. The fourth-order valence-electron chi connectivity index (χ4n) is 1.33. The maximum Gasteiger partial charge on any atom is 0.338 e. The molecule has 2 rings (SSSR count). The van der Waals surface area contributed by atoms with Crippen molar-refractivity contribution in [2.24, 2.45) is 0 Å². The SMILES string of the molecule is O=C(O)c1coc(COc2c(F)cccc2F)c1. The predicted octanol–water partition coefficient (Wildman–Crippen LogP) is 2.84. The molecule has 0 atom stereocenters. The molecular weight excluding hydrogens is 246 g/mol. The Kier molecular flexibility index (Phi) is 3.27. The van der Waals surface area contributed by atoms with Crippen molar-refractivity contribution in [3.63, 3.8) is 0 Å². The first-order chi connectivity index (χ1) is 8.58. The Hall–Kier alpha value is -2.37. The molecule has 1 heterocycles. The van der Waals surface area contributed by atoms with Gasteiger partial charge in [0.25, 0.3) is 0 Å². The first kappa shape index (κ1) is 12.1. The first-order valence-corrected chi connectivity index (χ1v) is 4.95. The maximum atomic E-state index is 13.2. The minimum Gasteiger partial charge on any atom is -0.480 e. The number of rotatable bonds is 4. The summed E-state index contributed by atoms with van der Waals surface area (Å²) in [5.41, 5.74) is -0.0531. The molecule has 1 aromatic heterocycles. The van der Waals surface area contributed by atoms with Gasteiger partial charge in [0.2, 0.25) is 0 Å². The van der Waals surface area contributed by atoms with Gasteiger partial charge in [-0.15, -0.1) is 0 Å². The van der Waals surface area contributed by atoms with Crippen LogP contribution in [0.2, 0.25) is 0 Å². The lowest BCUT2D eigenvalue weighted by Gasteiger charge is -2.05. The molecule has 2 aromatic rings. The van der Waals surface area contributed by atoms with Crippen LogP contribution < -0.4 is 4.74 Å². The third-order valence-electron chi connectivity index (χ3n) is 2.18. The molecule has 0 radical (unpaired) electrons. The van der Waals surface area contributed by atoms with Gasteiger partial charge in [0.1, 0.15) is 18.6 Å². The normalized spacial score (nSPS) is 10.3. The van der Waals surface area contributed by atoms with E-state index in [2.05, 4.69) is 0 Å². The summed E-state index contributed by atoms with van der Waals surface area (Å²) < 4.78 is 36.2. The van der Waals surface area contributed by atoms with E-state index in [1.807, 2.05) is 0 Å². The number of aromatic carboxylic acids is 1. The number of carbonyl (C=O) groups is 1. The third kappa shape index (κ3) is 2.48. The molecule has 6 heteroatoms. The average Bonchev–Trinajstić information content (AvgIpc) is 2.77. The number of furan rings is 1. The fourth-order valence-corrected chi connectivity index (χ4v) is 1.33. The highest BCUT2D eigenvalue weighted by atomic mass is 19.1. The Morgan fingerprint density at radius 2 is 2.00 bits per heavy atom. The molecule has 1 aromatic carbocycles. The van der Waals surface area contributed by atoms with Crippen LogP contribution in [0.5, 0.6) is 5.75 Å². The minimum atomic E-state index is -1.15. The van der Waals surface area contributed by atoms with Gasteiger partial charge in [-0.25, -0.2) is 13.6 Å². The molecule has 0 fully saturated rings. The standard InChI is InChI=1S/C12H8F2O4/c13-9-2-1-3-10(14)11(9)18-6-8-4-7(5-17-8)12(15)16/h1-5H,6H2,(H,15,16). The number of carboxylic acids is 1. The lowest BCUT2D eigenvalue weighted by atomic mass is 10.3. The van der Waals surface area contributed by atoms with Crippen molar-refractivity contribution in [1.29, 1.82) is 0 Å². The van der Waals surface area contributed by atoms with E-state index in [-0.39, 0.29) is 17.9 Å². The summed E-state index contributed by atoms with van der Waals surface area (Å²) in [6.45, 7) is -0.259. The van der Waals surface area contributed by atoms with E-state index in [9.17, 15) is 13.6 Å². The van der Waals surface area contributed by atoms with Gasteiger partial charge >= 0.3 is 5.97 Å². The number of ether oxygens (including phenoxy) is 1. The quantitative estimate of drug-likeness (QED) is 0.911. The van der Waals surface area contributed by atoms with Crippen molar-refractivity contribution in [3.8, 4) is 5.75 Å². The number of hydrogen-bond acceptors (Lipinski definition) is 3. The number of hydrogen-bond donors (Lipinski definition) is 1. The van der Waals surface area contributed by atoms with Crippen LogP contribution in [0.15, 0.2) is 34.9 Å². The highest BCUT2D eigenvalue weighted by Gasteiger charge is 2.12. The van der Waals surface area contributed by atoms with Crippen molar-refractivity contribution in [2.45, 2.75) is 6.61 Å². The predicted molar refractivity (Wildman–Crippen MR) is 56.4 cm³/mol. The second-order valence-corrected chi connectivity index (χ2v) is 3.45. The summed E-state index contributed by atoms with van der Waals surface area (Å²) >= 11 is 0. The van der Waals surface area contributed by atoms with Crippen molar-refractivity contribution >= 4 is 5.97 Å². The van der Waals surface area contributed by atoms with Gasteiger partial charge in [0.15, 0.2) is 17.4 Å². The number of carboxylic acid groups (broad SMARTS) is 1. The summed E-state index contributed by atoms with van der Waals surface area (Å²) in [6.07, 6.45) is 1.03. The fraction of sp³-hybridized carbons (Fsp3) is 0.0833. The molecule has 18 heavy (non-hydrogen) atoms. The highest BCUT2D eigenvalue weighted by molar-refractivity contribution is 5.87. The zero-order valence-electron chi connectivity index (χ0n) is 9.02. The average molecular weight is 254 g/mol. The molecule has 0 spiro atoms. The number of para-hydroxylation sites is 1. The van der Waals surface area contributed by atoms with Crippen LogP contribution in [-0.4, -0.2) is 11.1 Å². The zero-order valence-corrected chi connectivity index (χ0v) is 9.02. The third-order valence-corrected chi connectivity index (χ3v) is 2.18. The molecule has 0 bridgehead atoms. The van der Waals surface area contributed by atoms with E-state index in [1.54, 1.807) is 0 Å². The van der Waals surface area contributed by atoms with E-state index < -0.39 is 23.4 Å². The monoisotopic (exact) mass is 254 g/mol. The van der Waals surface area contributed by atoms with Gasteiger partial charge in [-0.1, -0.05) is 6.07 Å². The summed E-state index contributed by atoms with van der Waals surface area (Å²) in [6, 6.07) is 4.56. The van der Waals surface area contributed by atoms with Gasteiger partial charge in [-0.05, 0) is 18.2 Å². The molecule has 0 saturated carbocycles. The van der Waals surface area contributed by atoms with Crippen molar-refractivity contribution in [2.75, 3.05) is 0 Å². The maximum absolute atomic E-state index is 13.2. The smallest absolute Gasteiger partial charge is 0.338 e. The van der Waals surface area contributed by atoms with Gasteiger partial charge < -0.3 is 14.3 Å². The molecule has 4 nitrogen and oxygen atoms in total. The lowest BCUT2D eigenvalue weighted by molar-refractivity contribution is 0.0696. The van der Waals surface area contributed by atoms with Crippen molar-refractivity contribution in [1.82, 2.24) is 0 Å². The van der Waals surface area contributed by atoms with Gasteiger partial charge in [-0.3, -0.25) is 0 Å². The Morgan fingerprint density at radius 3 is 2.56 bits per heavy atom. The molecule has 94 valence electrons. The summed E-state index contributed by atoms with van der Waals surface area (Å²) in [4.78, 5) is 10.6. The summed E-state index contributed by atoms with van der Waals surface area (Å²) in [5, 5.41) is 8.65. The Morgan fingerprint density at radius 1 is 1.33 bits per heavy atom. The number of halogens is 2. The van der Waals surface area contributed by atoms with Crippen LogP contribution in [0.4, 0.5) is 8.78 Å². The Balaban J connectivity index is 2.09. The van der Waals surface area contributed by atoms with Gasteiger partial charge in [0.05, 0.1) is 5.56 Å². The van der Waals surface area contributed by atoms with E-state index in [0.29, 0.717) is 0 Å². The summed E-state index contributed by atoms with van der Waals surface area (Å²) in [7, 11) is 0. The van der Waals surface area contributed by atoms with Crippen molar-refractivity contribution in [3.05, 3.63) is 53.5 Å². The Labute approximate surface area is 100 Å².